The van der Waals surface area contributed by atoms with E-state index in [0.717, 1.165) is 24.7 Å². The maximum absolute atomic E-state index is 5.51. The summed E-state index contributed by atoms with van der Waals surface area (Å²) in [4.78, 5) is 4.29. The molecule has 0 aliphatic carbocycles. The largest absolute Gasteiger partial charge is 0.490 e. The molecule has 1 atom stereocenters. The van der Waals surface area contributed by atoms with E-state index in [9.17, 15) is 0 Å². The van der Waals surface area contributed by atoms with Gasteiger partial charge in [-0.05, 0) is 38.4 Å². The number of hydrogen-bond acceptors (Lipinski definition) is 4. The molecule has 2 heterocycles. The van der Waals surface area contributed by atoms with Crippen LogP contribution in [-0.2, 0) is 0 Å². The standard InChI is InChI=1S/C12H19N3O/c1-2-16-11-6-4-8-14-12(11)15-9-10-5-3-7-13-10/h4,6,8,10,13H,2-3,5,7,9H2,1H3,(H,14,15). The van der Waals surface area contributed by atoms with Crippen LogP contribution in [0.25, 0.3) is 0 Å². The molecule has 1 aromatic rings. The molecule has 88 valence electrons. The predicted octanol–water partition coefficient (Wildman–Crippen LogP) is 1.64. The van der Waals surface area contributed by atoms with Crippen molar-refractivity contribution >= 4 is 5.82 Å². The van der Waals surface area contributed by atoms with E-state index in [1.165, 1.54) is 12.8 Å². The Bertz CT molecular complexity index is 324. The van der Waals surface area contributed by atoms with Crippen LogP contribution in [0.4, 0.5) is 5.82 Å². The Morgan fingerprint density at radius 2 is 2.56 bits per heavy atom. The second kappa shape index (κ2) is 5.70. The summed E-state index contributed by atoms with van der Waals surface area (Å²) in [5.41, 5.74) is 0. The van der Waals surface area contributed by atoms with E-state index in [1.807, 2.05) is 19.1 Å². The molecule has 1 fully saturated rings. The number of rotatable bonds is 5. The third kappa shape index (κ3) is 2.85. The summed E-state index contributed by atoms with van der Waals surface area (Å²) in [5.74, 6) is 1.68. The highest BCUT2D eigenvalue weighted by molar-refractivity contribution is 5.49. The van der Waals surface area contributed by atoms with Crippen molar-refractivity contribution in [2.75, 3.05) is 25.0 Å². The van der Waals surface area contributed by atoms with E-state index in [2.05, 4.69) is 15.6 Å². The molecule has 4 nitrogen and oxygen atoms in total. The van der Waals surface area contributed by atoms with Crippen LogP contribution < -0.4 is 15.4 Å². The van der Waals surface area contributed by atoms with E-state index in [-0.39, 0.29) is 0 Å². The van der Waals surface area contributed by atoms with E-state index in [1.54, 1.807) is 6.20 Å². The van der Waals surface area contributed by atoms with Crippen LogP contribution in [0.3, 0.4) is 0 Å². The van der Waals surface area contributed by atoms with Gasteiger partial charge in [0.25, 0.3) is 0 Å². The molecular formula is C12H19N3O. The number of nitrogens with one attached hydrogen (secondary N) is 2. The molecule has 0 bridgehead atoms. The summed E-state index contributed by atoms with van der Waals surface area (Å²) in [5, 5.41) is 6.79. The molecular weight excluding hydrogens is 202 g/mol. The Morgan fingerprint density at radius 1 is 1.62 bits per heavy atom. The lowest BCUT2D eigenvalue weighted by Crippen LogP contribution is -2.29. The molecule has 0 spiro atoms. The van der Waals surface area contributed by atoms with E-state index in [0.29, 0.717) is 12.6 Å². The molecule has 0 aromatic carbocycles. The topological polar surface area (TPSA) is 46.2 Å². The molecule has 1 aliphatic rings. The number of aromatic nitrogens is 1. The van der Waals surface area contributed by atoms with Gasteiger partial charge in [-0.25, -0.2) is 4.98 Å². The van der Waals surface area contributed by atoms with Crippen molar-refractivity contribution in [1.29, 1.82) is 0 Å². The van der Waals surface area contributed by atoms with Crippen LogP contribution in [0.2, 0.25) is 0 Å². The fourth-order valence-corrected chi connectivity index (χ4v) is 1.95. The van der Waals surface area contributed by atoms with Crippen molar-refractivity contribution < 1.29 is 4.74 Å². The van der Waals surface area contributed by atoms with Crippen molar-refractivity contribution in [3.8, 4) is 5.75 Å². The maximum Gasteiger partial charge on any atom is 0.168 e. The molecule has 2 N–H and O–H groups in total. The van der Waals surface area contributed by atoms with Crippen LogP contribution in [0.1, 0.15) is 19.8 Å². The minimum Gasteiger partial charge on any atom is -0.490 e. The van der Waals surface area contributed by atoms with Crippen molar-refractivity contribution in [3.05, 3.63) is 18.3 Å². The van der Waals surface area contributed by atoms with Gasteiger partial charge >= 0.3 is 0 Å². The van der Waals surface area contributed by atoms with Gasteiger partial charge in [0.05, 0.1) is 6.61 Å². The van der Waals surface area contributed by atoms with E-state index >= 15 is 0 Å². The zero-order chi connectivity index (χ0) is 11.2. The van der Waals surface area contributed by atoms with E-state index < -0.39 is 0 Å². The summed E-state index contributed by atoms with van der Waals surface area (Å²) in [6.45, 7) is 4.70. The van der Waals surface area contributed by atoms with Crippen LogP contribution in [0.15, 0.2) is 18.3 Å². The summed E-state index contributed by atoms with van der Waals surface area (Å²) in [6.07, 6.45) is 4.30. The lowest BCUT2D eigenvalue weighted by molar-refractivity contribution is 0.340. The Hall–Kier alpha value is -1.29. The molecule has 4 heteroatoms. The van der Waals surface area contributed by atoms with Gasteiger partial charge in [0.15, 0.2) is 11.6 Å². The normalized spacial score (nSPS) is 19.7. The Kier molecular flexibility index (Phi) is 3.99. The SMILES string of the molecule is CCOc1cccnc1NCC1CCCN1. The van der Waals surface area contributed by atoms with E-state index in [4.69, 9.17) is 4.74 Å². The Morgan fingerprint density at radius 3 is 3.31 bits per heavy atom. The van der Waals surface area contributed by atoms with Gasteiger partial charge < -0.3 is 15.4 Å². The molecule has 0 amide bonds. The zero-order valence-corrected chi connectivity index (χ0v) is 9.70. The molecule has 0 saturated carbocycles. The first-order valence-electron chi connectivity index (χ1n) is 5.95. The van der Waals surface area contributed by atoms with Crippen LogP contribution >= 0.6 is 0 Å². The average molecular weight is 221 g/mol. The summed E-state index contributed by atoms with van der Waals surface area (Å²) < 4.78 is 5.51. The highest BCUT2D eigenvalue weighted by Crippen LogP contribution is 2.20. The van der Waals surface area contributed by atoms with Crippen molar-refractivity contribution in [3.63, 3.8) is 0 Å². The maximum atomic E-state index is 5.51. The molecule has 1 unspecified atom stereocenters. The highest BCUT2D eigenvalue weighted by Gasteiger charge is 2.14. The first kappa shape index (κ1) is 11.2. The number of ether oxygens (including phenoxy) is 1. The van der Waals surface area contributed by atoms with Crippen LogP contribution in [-0.4, -0.2) is 30.7 Å². The van der Waals surface area contributed by atoms with Gasteiger partial charge in [-0.2, -0.15) is 0 Å². The lowest BCUT2D eigenvalue weighted by Gasteiger charge is -2.14. The zero-order valence-electron chi connectivity index (χ0n) is 9.70. The fraction of sp³-hybridized carbons (Fsp3) is 0.583. The lowest BCUT2D eigenvalue weighted by atomic mass is 10.2. The van der Waals surface area contributed by atoms with Crippen molar-refractivity contribution in [2.24, 2.45) is 0 Å². The fourth-order valence-electron chi connectivity index (χ4n) is 1.95. The second-order valence-corrected chi connectivity index (χ2v) is 3.96. The molecule has 1 saturated heterocycles. The minimum absolute atomic E-state index is 0.566. The third-order valence-corrected chi connectivity index (χ3v) is 2.75. The average Bonchev–Trinajstić information content (AvgIpc) is 2.81. The van der Waals surface area contributed by atoms with Crippen molar-refractivity contribution in [1.82, 2.24) is 10.3 Å². The Balaban J connectivity index is 1.91. The van der Waals surface area contributed by atoms with Crippen LogP contribution in [0, 0.1) is 0 Å². The molecule has 1 aromatic heterocycles. The second-order valence-electron chi connectivity index (χ2n) is 3.96. The minimum atomic E-state index is 0.566. The van der Waals surface area contributed by atoms with Crippen molar-refractivity contribution in [2.45, 2.75) is 25.8 Å². The quantitative estimate of drug-likeness (QED) is 0.793. The third-order valence-electron chi connectivity index (χ3n) is 2.75. The van der Waals surface area contributed by atoms with Gasteiger partial charge in [0, 0.05) is 18.8 Å². The Labute approximate surface area is 96.4 Å². The highest BCUT2D eigenvalue weighted by atomic mass is 16.5. The first-order chi connectivity index (χ1) is 7.90. The first-order valence-corrected chi connectivity index (χ1v) is 5.95. The number of hydrogen-bond donors (Lipinski definition) is 2. The summed E-state index contributed by atoms with van der Waals surface area (Å²) in [7, 11) is 0. The van der Waals surface area contributed by atoms with Gasteiger partial charge in [-0.1, -0.05) is 0 Å². The predicted molar refractivity (Wildman–Crippen MR) is 64.9 cm³/mol. The van der Waals surface area contributed by atoms with Gasteiger partial charge in [-0.3, -0.25) is 0 Å². The summed E-state index contributed by atoms with van der Waals surface area (Å²) in [6, 6.07) is 4.40. The molecule has 0 radical (unpaired) electrons. The summed E-state index contributed by atoms with van der Waals surface area (Å²) >= 11 is 0. The smallest absolute Gasteiger partial charge is 0.168 e. The van der Waals surface area contributed by atoms with Crippen LogP contribution in [0.5, 0.6) is 5.75 Å². The van der Waals surface area contributed by atoms with Gasteiger partial charge in [-0.15, -0.1) is 0 Å². The molecule has 16 heavy (non-hydrogen) atoms. The number of nitrogens with zero attached hydrogens (tertiary/aromatic N) is 1. The molecule has 2 rings (SSSR count). The molecule has 1 aliphatic heterocycles. The monoisotopic (exact) mass is 221 g/mol. The number of pyridine rings is 1. The van der Waals surface area contributed by atoms with Gasteiger partial charge in [0.1, 0.15) is 0 Å². The number of anilines is 1. The van der Waals surface area contributed by atoms with Gasteiger partial charge in [0.2, 0.25) is 0 Å².